The Morgan fingerprint density at radius 3 is 2.42 bits per heavy atom. The van der Waals surface area contributed by atoms with Crippen LogP contribution in [0.3, 0.4) is 0 Å². The lowest BCUT2D eigenvalue weighted by Crippen LogP contribution is -2.39. The fraction of sp³-hybridized carbons (Fsp3) is 0.458. The van der Waals surface area contributed by atoms with Crippen molar-refractivity contribution in [1.29, 1.82) is 0 Å². The molecule has 33 heavy (non-hydrogen) atoms. The molecule has 2 aromatic rings. The maximum Gasteiger partial charge on any atom is 0.243 e. The number of amides is 1. The number of hydrogen-bond acceptors (Lipinski definition) is 6. The third-order valence-electron chi connectivity index (χ3n) is 6.57. The van der Waals surface area contributed by atoms with E-state index in [1.807, 2.05) is 26.0 Å². The van der Waals surface area contributed by atoms with Gasteiger partial charge in [0, 0.05) is 24.3 Å². The average Bonchev–Trinajstić information content (AvgIpc) is 3.27. The first-order valence-electron chi connectivity index (χ1n) is 11.4. The summed E-state index contributed by atoms with van der Waals surface area (Å²) in [6, 6.07) is 9.47. The zero-order valence-electron chi connectivity index (χ0n) is 19.3. The summed E-state index contributed by atoms with van der Waals surface area (Å²) in [7, 11) is -3.52. The molecular formula is C24H32N4O4S. The molecule has 2 aromatic carbocycles. The molecule has 178 valence electrons. The van der Waals surface area contributed by atoms with Crippen molar-refractivity contribution in [3.63, 3.8) is 0 Å². The smallest absolute Gasteiger partial charge is 0.243 e. The van der Waals surface area contributed by atoms with E-state index in [0.29, 0.717) is 31.1 Å². The zero-order chi connectivity index (χ0) is 23.8. The first kappa shape index (κ1) is 23.7. The van der Waals surface area contributed by atoms with Crippen molar-refractivity contribution in [1.82, 2.24) is 15.2 Å². The Hall–Kier alpha value is -2.46. The lowest BCUT2D eigenvalue weighted by molar-refractivity contribution is -0.117. The average molecular weight is 473 g/mol. The summed E-state index contributed by atoms with van der Waals surface area (Å²) in [6.45, 7) is 7.05. The van der Waals surface area contributed by atoms with Gasteiger partial charge in [0.2, 0.25) is 15.9 Å². The number of nitrogens with one attached hydrogen (secondary N) is 3. The number of sulfonamides is 1. The first-order chi connectivity index (χ1) is 15.6. The summed E-state index contributed by atoms with van der Waals surface area (Å²) >= 11 is 0. The van der Waals surface area contributed by atoms with E-state index in [9.17, 15) is 18.3 Å². The van der Waals surface area contributed by atoms with Gasteiger partial charge in [0.1, 0.15) is 11.8 Å². The number of carbonyl (C=O) groups excluding carboxylic acids is 1. The van der Waals surface area contributed by atoms with Crippen LogP contribution in [0, 0.1) is 19.8 Å². The number of phenols is 1. The van der Waals surface area contributed by atoms with E-state index in [4.69, 9.17) is 0 Å². The Morgan fingerprint density at radius 2 is 1.76 bits per heavy atom. The minimum atomic E-state index is -3.52. The zero-order valence-corrected chi connectivity index (χ0v) is 20.1. The lowest BCUT2D eigenvalue weighted by Gasteiger charge is -2.29. The van der Waals surface area contributed by atoms with Gasteiger partial charge in [-0.05, 0) is 68.9 Å². The second kappa shape index (κ2) is 9.42. The van der Waals surface area contributed by atoms with E-state index in [1.165, 1.54) is 4.31 Å². The fourth-order valence-corrected chi connectivity index (χ4v) is 5.97. The Bertz CT molecular complexity index is 1130. The van der Waals surface area contributed by atoms with E-state index >= 15 is 0 Å². The van der Waals surface area contributed by atoms with Crippen LogP contribution in [0.1, 0.15) is 48.9 Å². The highest BCUT2D eigenvalue weighted by Gasteiger charge is 2.32. The Morgan fingerprint density at radius 1 is 1.09 bits per heavy atom. The molecule has 2 saturated heterocycles. The largest absolute Gasteiger partial charge is 0.507 e. The molecule has 9 heteroatoms. The van der Waals surface area contributed by atoms with E-state index in [0.717, 1.165) is 29.5 Å². The van der Waals surface area contributed by atoms with Gasteiger partial charge in [-0.2, -0.15) is 4.31 Å². The van der Waals surface area contributed by atoms with Crippen molar-refractivity contribution in [2.45, 2.75) is 57.0 Å². The highest BCUT2D eigenvalue weighted by molar-refractivity contribution is 7.89. The normalized spacial score (nSPS) is 22.4. The standard InChI is InChI=1S/C24H32N4O4S/c1-15-8-10-28(11-9-15)33(31,32)19-6-4-18(5-7-19)25-24(30)22-14-21(26-27-22)20-13-16(2)12-17(3)23(20)29/h4-7,12-13,15,21-22,26-27,29H,8-11,14H2,1-3H3,(H,25,30). The quantitative estimate of drug-likeness (QED) is 0.533. The molecule has 2 aliphatic rings. The summed E-state index contributed by atoms with van der Waals surface area (Å²) in [4.78, 5) is 13.0. The van der Waals surface area contributed by atoms with Gasteiger partial charge in [0.15, 0.2) is 0 Å². The highest BCUT2D eigenvalue weighted by Crippen LogP contribution is 2.33. The van der Waals surface area contributed by atoms with Gasteiger partial charge >= 0.3 is 0 Å². The van der Waals surface area contributed by atoms with Gasteiger partial charge in [0.25, 0.3) is 0 Å². The van der Waals surface area contributed by atoms with Gasteiger partial charge in [-0.15, -0.1) is 0 Å². The van der Waals surface area contributed by atoms with Crippen molar-refractivity contribution >= 4 is 21.6 Å². The van der Waals surface area contributed by atoms with Crippen molar-refractivity contribution in [2.75, 3.05) is 18.4 Å². The molecule has 0 spiro atoms. The molecule has 0 radical (unpaired) electrons. The summed E-state index contributed by atoms with van der Waals surface area (Å²) in [5.41, 5.74) is 9.23. The summed E-state index contributed by atoms with van der Waals surface area (Å²) < 4.78 is 27.3. The minimum Gasteiger partial charge on any atom is -0.507 e. The molecule has 0 saturated carbocycles. The molecule has 2 atom stereocenters. The van der Waals surface area contributed by atoms with Crippen LogP contribution in [-0.4, -0.2) is 42.9 Å². The number of rotatable bonds is 5. The van der Waals surface area contributed by atoms with Crippen LogP contribution in [-0.2, 0) is 14.8 Å². The maximum absolute atomic E-state index is 12.9. The van der Waals surface area contributed by atoms with Crippen LogP contribution in [0.5, 0.6) is 5.75 Å². The number of aryl methyl sites for hydroxylation is 2. The van der Waals surface area contributed by atoms with Crippen molar-refractivity contribution in [3.8, 4) is 5.75 Å². The molecule has 0 aliphatic carbocycles. The van der Waals surface area contributed by atoms with Gasteiger partial charge in [0.05, 0.1) is 10.9 Å². The molecular weight excluding hydrogens is 440 g/mol. The van der Waals surface area contributed by atoms with Gasteiger partial charge in [-0.1, -0.05) is 24.6 Å². The van der Waals surface area contributed by atoms with Gasteiger partial charge in [-0.3, -0.25) is 4.79 Å². The number of piperidine rings is 1. The number of hydrogen-bond donors (Lipinski definition) is 4. The minimum absolute atomic E-state index is 0.195. The number of benzene rings is 2. The number of nitrogens with zero attached hydrogens (tertiary/aromatic N) is 1. The predicted molar refractivity (Wildman–Crippen MR) is 127 cm³/mol. The van der Waals surface area contributed by atoms with Crippen LogP contribution >= 0.6 is 0 Å². The third kappa shape index (κ3) is 5.06. The second-order valence-corrected chi connectivity index (χ2v) is 11.2. The summed E-state index contributed by atoms with van der Waals surface area (Å²) in [5, 5.41) is 13.3. The Kier molecular flexibility index (Phi) is 6.76. The van der Waals surface area contributed by atoms with E-state index < -0.39 is 16.1 Å². The molecule has 8 nitrogen and oxygen atoms in total. The van der Waals surface area contributed by atoms with Crippen LogP contribution in [0.15, 0.2) is 41.3 Å². The predicted octanol–water partition coefficient (Wildman–Crippen LogP) is 2.98. The lowest BCUT2D eigenvalue weighted by atomic mass is 9.96. The molecule has 4 rings (SSSR count). The monoisotopic (exact) mass is 472 g/mol. The van der Waals surface area contributed by atoms with E-state index in [-0.39, 0.29) is 22.6 Å². The SMILES string of the molecule is Cc1cc(C)c(O)c(C2CC(C(=O)Nc3ccc(S(=O)(=O)N4CCC(C)CC4)cc3)NN2)c1. The molecule has 2 unspecified atom stereocenters. The number of carbonyl (C=O) groups is 1. The number of phenolic OH excluding ortho intramolecular Hbond substituents is 1. The molecule has 0 bridgehead atoms. The topological polar surface area (TPSA) is 111 Å². The highest BCUT2D eigenvalue weighted by atomic mass is 32.2. The summed E-state index contributed by atoms with van der Waals surface area (Å²) in [6.07, 6.45) is 2.22. The summed E-state index contributed by atoms with van der Waals surface area (Å²) in [5.74, 6) is 0.557. The Labute approximate surface area is 195 Å². The molecule has 2 fully saturated rings. The Balaban J connectivity index is 1.38. The molecule has 4 N–H and O–H groups in total. The first-order valence-corrected chi connectivity index (χ1v) is 12.8. The molecule has 1 amide bonds. The van der Waals surface area contributed by atoms with Crippen LogP contribution in [0.4, 0.5) is 5.69 Å². The number of aromatic hydroxyl groups is 1. The maximum atomic E-state index is 12.9. The van der Waals surface area contributed by atoms with E-state index in [2.05, 4.69) is 23.1 Å². The van der Waals surface area contributed by atoms with Crippen LogP contribution in [0.25, 0.3) is 0 Å². The van der Waals surface area contributed by atoms with Gasteiger partial charge < -0.3 is 10.4 Å². The van der Waals surface area contributed by atoms with Crippen molar-refractivity contribution in [3.05, 3.63) is 53.1 Å². The van der Waals surface area contributed by atoms with E-state index in [1.54, 1.807) is 24.3 Å². The van der Waals surface area contributed by atoms with Crippen LogP contribution in [0.2, 0.25) is 0 Å². The van der Waals surface area contributed by atoms with Crippen molar-refractivity contribution in [2.24, 2.45) is 5.92 Å². The number of anilines is 1. The fourth-order valence-electron chi connectivity index (χ4n) is 4.50. The third-order valence-corrected chi connectivity index (χ3v) is 8.48. The molecule has 0 aromatic heterocycles. The second-order valence-electron chi connectivity index (χ2n) is 9.25. The molecule has 2 heterocycles. The molecule has 2 aliphatic heterocycles. The number of hydrazine groups is 1. The van der Waals surface area contributed by atoms with Crippen molar-refractivity contribution < 1.29 is 18.3 Å². The van der Waals surface area contributed by atoms with Gasteiger partial charge in [-0.25, -0.2) is 19.3 Å². The van der Waals surface area contributed by atoms with Crippen LogP contribution < -0.4 is 16.2 Å².